The Labute approximate surface area is 101 Å². The smallest absolute Gasteiger partial charge is 0.221 e. The van der Waals surface area contributed by atoms with Crippen LogP contribution in [0.3, 0.4) is 0 Å². The van der Waals surface area contributed by atoms with Gasteiger partial charge in [0.25, 0.3) is 0 Å². The van der Waals surface area contributed by atoms with Gasteiger partial charge >= 0.3 is 0 Å². The predicted molar refractivity (Wildman–Crippen MR) is 67.2 cm³/mol. The minimum absolute atomic E-state index is 0.201. The first-order valence-electron chi connectivity index (χ1n) is 5.01. The van der Waals surface area contributed by atoms with Crippen LogP contribution in [0.15, 0.2) is 35.7 Å². The minimum Gasteiger partial charge on any atom is -0.368 e. The average Bonchev–Trinajstić information content (AvgIpc) is 2.82. The summed E-state index contributed by atoms with van der Waals surface area (Å²) >= 11 is 1.54. The summed E-state index contributed by atoms with van der Waals surface area (Å²) in [5.41, 5.74) is 6.99. The maximum atomic E-state index is 13.3. The summed E-state index contributed by atoms with van der Waals surface area (Å²) in [7, 11) is 0. The molecule has 17 heavy (non-hydrogen) atoms. The van der Waals surface area contributed by atoms with Gasteiger partial charge in [-0.05, 0) is 29.6 Å². The summed E-state index contributed by atoms with van der Waals surface area (Å²) in [6.45, 7) is 0. The molecule has 3 nitrogen and oxygen atoms in total. The van der Waals surface area contributed by atoms with Crippen LogP contribution >= 0.6 is 11.3 Å². The van der Waals surface area contributed by atoms with Crippen LogP contribution in [0.1, 0.15) is 0 Å². The van der Waals surface area contributed by atoms with Crippen LogP contribution in [-0.2, 0) is 0 Å². The van der Waals surface area contributed by atoms with E-state index < -0.39 is 0 Å². The van der Waals surface area contributed by atoms with Crippen molar-refractivity contribution in [1.29, 1.82) is 0 Å². The molecule has 1 aromatic carbocycles. The second kappa shape index (κ2) is 3.78. The largest absolute Gasteiger partial charge is 0.368 e. The SMILES string of the molecule is Nc1nc(-c2cccs2)c2cc(F)ccc2n1. The molecule has 0 radical (unpaired) electrons. The quantitative estimate of drug-likeness (QED) is 0.716. The van der Waals surface area contributed by atoms with Crippen LogP contribution in [0.4, 0.5) is 10.3 Å². The molecule has 2 aromatic heterocycles. The van der Waals surface area contributed by atoms with Crippen LogP contribution in [0.2, 0.25) is 0 Å². The highest BCUT2D eigenvalue weighted by molar-refractivity contribution is 7.13. The van der Waals surface area contributed by atoms with Gasteiger partial charge < -0.3 is 5.73 Å². The number of anilines is 1. The summed E-state index contributed by atoms with van der Waals surface area (Å²) in [5.74, 6) is -0.101. The second-order valence-corrected chi connectivity index (χ2v) is 4.52. The van der Waals surface area contributed by atoms with Gasteiger partial charge in [-0.2, -0.15) is 0 Å². The van der Waals surface area contributed by atoms with Crippen LogP contribution in [0.25, 0.3) is 21.5 Å². The standard InChI is InChI=1S/C12H8FN3S/c13-7-3-4-9-8(6-7)11(16-12(14)15-9)10-2-1-5-17-10/h1-6H,(H2,14,15,16). The lowest BCUT2D eigenvalue weighted by Crippen LogP contribution is -1.97. The van der Waals surface area contributed by atoms with Crippen LogP contribution < -0.4 is 5.73 Å². The first kappa shape index (κ1) is 10.2. The zero-order valence-electron chi connectivity index (χ0n) is 8.72. The zero-order chi connectivity index (χ0) is 11.8. The van der Waals surface area contributed by atoms with Crippen molar-refractivity contribution in [1.82, 2.24) is 9.97 Å². The molecular formula is C12H8FN3S. The maximum Gasteiger partial charge on any atom is 0.221 e. The highest BCUT2D eigenvalue weighted by Gasteiger charge is 2.10. The molecule has 0 saturated carbocycles. The lowest BCUT2D eigenvalue weighted by atomic mass is 10.1. The van der Waals surface area contributed by atoms with Gasteiger partial charge in [0, 0.05) is 5.39 Å². The van der Waals surface area contributed by atoms with Gasteiger partial charge in [0.2, 0.25) is 5.95 Å². The van der Waals surface area contributed by atoms with Gasteiger partial charge in [0.1, 0.15) is 5.82 Å². The highest BCUT2D eigenvalue weighted by atomic mass is 32.1. The number of nitrogens with two attached hydrogens (primary N) is 1. The number of nitrogens with zero attached hydrogens (tertiary/aromatic N) is 2. The van der Waals surface area contributed by atoms with E-state index in [0.717, 1.165) is 4.88 Å². The highest BCUT2D eigenvalue weighted by Crippen LogP contribution is 2.30. The maximum absolute atomic E-state index is 13.3. The van der Waals surface area contributed by atoms with E-state index in [0.29, 0.717) is 16.6 Å². The van der Waals surface area contributed by atoms with Crippen LogP contribution in [0.5, 0.6) is 0 Å². The molecule has 0 aliphatic heterocycles. The van der Waals surface area contributed by atoms with E-state index in [1.165, 1.54) is 23.5 Å². The summed E-state index contributed by atoms with van der Waals surface area (Å²) in [6.07, 6.45) is 0. The second-order valence-electron chi connectivity index (χ2n) is 3.57. The van der Waals surface area contributed by atoms with E-state index in [2.05, 4.69) is 9.97 Å². The van der Waals surface area contributed by atoms with Crippen molar-refractivity contribution >= 4 is 28.2 Å². The van der Waals surface area contributed by atoms with Gasteiger partial charge in [-0.25, -0.2) is 14.4 Å². The first-order chi connectivity index (χ1) is 8.24. The molecule has 0 unspecified atom stereocenters. The molecule has 0 aliphatic carbocycles. The van der Waals surface area contributed by atoms with Gasteiger partial charge in [0.05, 0.1) is 16.1 Å². The van der Waals surface area contributed by atoms with Crippen molar-refractivity contribution < 1.29 is 4.39 Å². The normalized spacial score (nSPS) is 10.9. The predicted octanol–water partition coefficient (Wildman–Crippen LogP) is 3.08. The molecule has 3 rings (SSSR count). The Kier molecular flexibility index (Phi) is 2.26. The fourth-order valence-electron chi connectivity index (χ4n) is 1.72. The fourth-order valence-corrected chi connectivity index (χ4v) is 2.45. The molecule has 0 fully saturated rings. The van der Waals surface area contributed by atoms with Crippen molar-refractivity contribution in [2.45, 2.75) is 0 Å². The molecule has 2 N–H and O–H groups in total. The van der Waals surface area contributed by atoms with E-state index in [4.69, 9.17) is 5.73 Å². The lowest BCUT2D eigenvalue weighted by Gasteiger charge is -2.04. The van der Waals surface area contributed by atoms with Gasteiger partial charge in [-0.3, -0.25) is 0 Å². The first-order valence-corrected chi connectivity index (χ1v) is 5.88. The molecule has 0 atom stereocenters. The van der Waals surface area contributed by atoms with Gasteiger partial charge in [-0.15, -0.1) is 11.3 Å². The van der Waals surface area contributed by atoms with Crippen molar-refractivity contribution in [2.75, 3.05) is 5.73 Å². The topological polar surface area (TPSA) is 51.8 Å². The molecule has 3 aromatic rings. The Morgan fingerprint density at radius 2 is 2.06 bits per heavy atom. The minimum atomic E-state index is -0.302. The number of halogens is 1. The molecule has 84 valence electrons. The Balaban J connectivity index is 2.39. The molecule has 0 spiro atoms. The van der Waals surface area contributed by atoms with Crippen molar-refractivity contribution in [2.24, 2.45) is 0 Å². The van der Waals surface area contributed by atoms with E-state index >= 15 is 0 Å². The van der Waals surface area contributed by atoms with E-state index in [1.807, 2.05) is 17.5 Å². The number of nitrogen functional groups attached to an aromatic ring is 1. The lowest BCUT2D eigenvalue weighted by molar-refractivity contribution is 0.629. The number of aromatic nitrogens is 2. The summed E-state index contributed by atoms with van der Waals surface area (Å²) in [4.78, 5) is 9.24. The Bertz CT molecular complexity index is 680. The molecule has 0 bridgehead atoms. The summed E-state index contributed by atoms with van der Waals surface area (Å²) < 4.78 is 13.3. The molecule has 5 heteroatoms. The number of hydrogen-bond acceptors (Lipinski definition) is 4. The fraction of sp³-hybridized carbons (Fsp3) is 0. The number of benzene rings is 1. The van der Waals surface area contributed by atoms with Gasteiger partial charge in [-0.1, -0.05) is 6.07 Å². The van der Waals surface area contributed by atoms with Crippen molar-refractivity contribution in [3.05, 3.63) is 41.5 Å². The zero-order valence-corrected chi connectivity index (χ0v) is 9.54. The number of thiophene rings is 1. The van der Waals surface area contributed by atoms with Crippen molar-refractivity contribution in [3.8, 4) is 10.6 Å². The Hall–Kier alpha value is -2.01. The van der Waals surface area contributed by atoms with E-state index in [-0.39, 0.29) is 11.8 Å². The molecular weight excluding hydrogens is 237 g/mol. The van der Waals surface area contributed by atoms with E-state index in [9.17, 15) is 4.39 Å². The molecule has 0 amide bonds. The van der Waals surface area contributed by atoms with Crippen molar-refractivity contribution in [3.63, 3.8) is 0 Å². The number of rotatable bonds is 1. The molecule has 2 heterocycles. The summed E-state index contributed by atoms with van der Waals surface area (Å²) in [6, 6.07) is 8.26. The van der Waals surface area contributed by atoms with Gasteiger partial charge in [0.15, 0.2) is 0 Å². The number of fused-ring (bicyclic) bond motifs is 1. The Morgan fingerprint density at radius 1 is 1.18 bits per heavy atom. The average molecular weight is 245 g/mol. The Morgan fingerprint density at radius 3 is 2.82 bits per heavy atom. The monoisotopic (exact) mass is 245 g/mol. The third-order valence-electron chi connectivity index (χ3n) is 2.43. The van der Waals surface area contributed by atoms with Crippen LogP contribution in [-0.4, -0.2) is 9.97 Å². The third-order valence-corrected chi connectivity index (χ3v) is 3.31. The molecule has 0 aliphatic rings. The number of hydrogen-bond donors (Lipinski definition) is 1. The summed E-state index contributed by atoms with van der Waals surface area (Å²) in [5, 5.41) is 2.63. The van der Waals surface area contributed by atoms with Crippen LogP contribution in [0, 0.1) is 5.82 Å². The third kappa shape index (κ3) is 1.74. The van der Waals surface area contributed by atoms with E-state index in [1.54, 1.807) is 6.07 Å². The molecule has 0 saturated heterocycles.